The lowest BCUT2D eigenvalue weighted by Crippen LogP contribution is -2.51. The van der Waals surface area contributed by atoms with Crippen LogP contribution in [0.1, 0.15) is 29.7 Å². The molecule has 2 rings (SSSR count). The van der Waals surface area contributed by atoms with Crippen LogP contribution in [0.5, 0.6) is 0 Å². The van der Waals surface area contributed by atoms with Crippen LogP contribution in [-0.2, 0) is 9.53 Å². The van der Waals surface area contributed by atoms with Gasteiger partial charge in [0, 0.05) is 6.54 Å². The number of carbonyl (C=O) groups excluding carboxylic acids is 1. The van der Waals surface area contributed by atoms with Crippen LogP contribution in [0.4, 0.5) is 0 Å². The van der Waals surface area contributed by atoms with Crippen molar-refractivity contribution in [3.63, 3.8) is 0 Å². The molecule has 0 aromatic heterocycles. The Balaban J connectivity index is 2.01. The fourth-order valence-corrected chi connectivity index (χ4v) is 2.35. The average molecular weight is 262 g/mol. The Hall–Kier alpha value is -1.39. The first-order chi connectivity index (χ1) is 9.08. The molecule has 0 bridgehead atoms. The van der Waals surface area contributed by atoms with E-state index < -0.39 is 0 Å². The Labute approximate surface area is 114 Å². The maximum atomic E-state index is 12.1. The highest BCUT2D eigenvalue weighted by Gasteiger charge is 2.23. The third-order valence-electron chi connectivity index (χ3n) is 3.50. The largest absolute Gasteiger partial charge is 0.378 e. The van der Waals surface area contributed by atoms with E-state index in [1.54, 1.807) is 0 Å². The molecule has 4 nitrogen and oxygen atoms in total. The van der Waals surface area contributed by atoms with Gasteiger partial charge in [-0.05, 0) is 31.9 Å². The zero-order chi connectivity index (χ0) is 13.8. The van der Waals surface area contributed by atoms with Gasteiger partial charge in [-0.3, -0.25) is 4.79 Å². The van der Waals surface area contributed by atoms with Gasteiger partial charge in [-0.25, -0.2) is 0 Å². The minimum Gasteiger partial charge on any atom is -0.378 e. The van der Waals surface area contributed by atoms with E-state index in [1.165, 1.54) is 16.7 Å². The molecular weight excluding hydrogens is 240 g/mol. The molecule has 1 amide bonds. The smallest absolute Gasteiger partial charge is 0.240 e. The molecule has 0 unspecified atom stereocenters. The lowest BCUT2D eigenvalue weighted by molar-refractivity contribution is -0.126. The van der Waals surface area contributed by atoms with Crippen LogP contribution >= 0.6 is 0 Å². The zero-order valence-electron chi connectivity index (χ0n) is 11.8. The number of hydrogen-bond donors (Lipinski definition) is 2. The molecule has 0 aliphatic carbocycles. The quantitative estimate of drug-likeness (QED) is 0.867. The van der Waals surface area contributed by atoms with Gasteiger partial charge in [0.25, 0.3) is 0 Å². The van der Waals surface area contributed by atoms with E-state index in [0.29, 0.717) is 13.2 Å². The van der Waals surface area contributed by atoms with Gasteiger partial charge in [0.05, 0.1) is 19.3 Å². The molecule has 1 aromatic carbocycles. The minimum absolute atomic E-state index is 0.00751. The standard InChI is InChI=1S/C15H22N2O2/c1-10-4-5-11(2)13(8-10)12(3)17-15(18)14-9-19-7-6-16-14/h4-5,8,12,14,16H,6-7,9H2,1-3H3,(H,17,18)/t12-,14-/m1/s1. The van der Waals surface area contributed by atoms with Crippen LogP contribution in [0.25, 0.3) is 0 Å². The van der Waals surface area contributed by atoms with Gasteiger partial charge >= 0.3 is 0 Å². The third-order valence-corrected chi connectivity index (χ3v) is 3.50. The zero-order valence-corrected chi connectivity index (χ0v) is 11.8. The Bertz CT molecular complexity index is 453. The maximum Gasteiger partial charge on any atom is 0.240 e. The highest BCUT2D eigenvalue weighted by molar-refractivity contribution is 5.82. The van der Waals surface area contributed by atoms with Crippen LogP contribution in [0.3, 0.4) is 0 Å². The van der Waals surface area contributed by atoms with E-state index in [4.69, 9.17) is 4.74 Å². The fourth-order valence-electron chi connectivity index (χ4n) is 2.35. The van der Waals surface area contributed by atoms with Crippen LogP contribution < -0.4 is 10.6 Å². The van der Waals surface area contributed by atoms with Crippen LogP contribution in [0.2, 0.25) is 0 Å². The Morgan fingerprint density at radius 3 is 2.95 bits per heavy atom. The van der Waals surface area contributed by atoms with Crippen molar-refractivity contribution in [3.8, 4) is 0 Å². The van der Waals surface area contributed by atoms with Crippen molar-refractivity contribution in [2.75, 3.05) is 19.8 Å². The number of ether oxygens (including phenoxy) is 1. The molecule has 2 N–H and O–H groups in total. The minimum atomic E-state index is -0.235. The van der Waals surface area contributed by atoms with Crippen molar-refractivity contribution in [1.82, 2.24) is 10.6 Å². The second-order valence-corrected chi connectivity index (χ2v) is 5.17. The molecule has 1 saturated heterocycles. The van der Waals surface area contributed by atoms with E-state index in [1.807, 2.05) is 6.92 Å². The summed E-state index contributed by atoms with van der Waals surface area (Å²) in [5, 5.41) is 6.22. The van der Waals surface area contributed by atoms with Gasteiger partial charge < -0.3 is 15.4 Å². The van der Waals surface area contributed by atoms with Crippen molar-refractivity contribution in [1.29, 1.82) is 0 Å². The first kappa shape index (κ1) is 14.0. The summed E-state index contributed by atoms with van der Waals surface area (Å²) in [7, 11) is 0. The van der Waals surface area contributed by atoms with E-state index in [-0.39, 0.29) is 18.0 Å². The van der Waals surface area contributed by atoms with Crippen molar-refractivity contribution in [2.45, 2.75) is 32.9 Å². The maximum absolute atomic E-state index is 12.1. The predicted octanol–water partition coefficient (Wildman–Crippen LogP) is 1.47. The summed E-state index contributed by atoms with van der Waals surface area (Å²) in [5.74, 6) is 0.00751. The number of benzene rings is 1. The van der Waals surface area contributed by atoms with Crippen LogP contribution in [-0.4, -0.2) is 31.7 Å². The van der Waals surface area contributed by atoms with Crippen LogP contribution in [0.15, 0.2) is 18.2 Å². The average Bonchev–Trinajstić information content (AvgIpc) is 2.42. The molecule has 0 saturated carbocycles. The third kappa shape index (κ3) is 3.55. The molecule has 1 heterocycles. The summed E-state index contributed by atoms with van der Waals surface area (Å²) >= 11 is 0. The molecule has 1 aromatic rings. The SMILES string of the molecule is Cc1ccc(C)c([C@@H](C)NC(=O)[C@H]2COCCN2)c1. The monoisotopic (exact) mass is 262 g/mol. The molecular formula is C15H22N2O2. The summed E-state index contributed by atoms with van der Waals surface area (Å²) < 4.78 is 5.31. The highest BCUT2D eigenvalue weighted by Crippen LogP contribution is 2.19. The van der Waals surface area contributed by atoms with E-state index in [0.717, 1.165) is 6.54 Å². The lowest BCUT2D eigenvalue weighted by Gasteiger charge is -2.25. The van der Waals surface area contributed by atoms with Gasteiger partial charge in [-0.2, -0.15) is 0 Å². The first-order valence-corrected chi connectivity index (χ1v) is 6.76. The molecule has 19 heavy (non-hydrogen) atoms. The number of hydrogen-bond acceptors (Lipinski definition) is 3. The second-order valence-electron chi connectivity index (χ2n) is 5.17. The van der Waals surface area contributed by atoms with Crippen molar-refractivity contribution < 1.29 is 9.53 Å². The molecule has 0 radical (unpaired) electrons. The van der Waals surface area contributed by atoms with E-state index in [9.17, 15) is 4.79 Å². The van der Waals surface area contributed by atoms with Crippen molar-refractivity contribution in [2.24, 2.45) is 0 Å². The molecule has 2 atom stereocenters. The number of amides is 1. The topological polar surface area (TPSA) is 50.4 Å². The summed E-state index contributed by atoms with van der Waals surface area (Å²) in [6, 6.07) is 6.09. The molecule has 1 aliphatic heterocycles. The summed E-state index contributed by atoms with van der Waals surface area (Å²) in [6.45, 7) is 8.01. The van der Waals surface area contributed by atoms with Crippen molar-refractivity contribution in [3.05, 3.63) is 34.9 Å². The lowest BCUT2D eigenvalue weighted by atomic mass is 10.00. The normalized spacial score (nSPS) is 20.9. The van der Waals surface area contributed by atoms with Gasteiger partial charge in [0.15, 0.2) is 0 Å². The molecule has 1 aliphatic rings. The predicted molar refractivity (Wildman–Crippen MR) is 75.1 cm³/mol. The number of nitrogens with one attached hydrogen (secondary N) is 2. The molecule has 1 fully saturated rings. The highest BCUT2D eigenvalue weighted by atomic mass is 16.5. The Kier molecular flexibility index (Phi) is 4.56. The fraction of sp³-hybridized carbons (Fsp3) is 0.533. The van der Waals surface area contributed by atoms with Gasteiger partial charge in [-0.15, -0.1) is 0 Å². The number of rotatable bonds is 3. The van der Waals surface area contributed by atoms with E-state index >= 15 is 0 Å². The van der Waals surface area contributed by atoms with Gasteiger partial charge in [-0.1, -0.05) is 23.8 Å². The Morgan fingerprint density at radius 2 is 2.26 bits per heavy atom. The molecule has 4 heteroatoms. The number of aryl methyl sites for hydroxylation is 2. The summed E-state index contributed by atoms with van der Waals surface area (Å²) in [5.41, 5.74) is 3.58. The van der Waals surface area contributed by atoms with Gasteiger partial charge in [0.2, 0.25) is 5.91 Å². The van der Waals surface area contributed by atoms with Crippen LogP contribution in [0, 0.1) is 13.8 Å². The number of carbonyl (C=O) groups is 1. The second kappa shape index (κ2) is 6.17. The molecule has 0 spiro atoms. The van der Waals surface area contributed by atoms with E-state index in [2.05, 4.69) is 42.7 Å². The molecule has 104 valence electrons. The van der Waals surface area contributed by atoms with Gasteiger partial charge in [0.1, 0.15) is 6.04 Å². The van der Waals surface area contributed by atoms with Crippen molar-refractivity contribution >= 4 is 5.91 Å². The Morgan fingerprint density at radius 1 is 1.47 bits per heavy atom. The first-order valence-electron chi connectivity index (χ1n) is 6.76. The number of morpholine rings is 1. The summed E-state index contributed by atoms with van der Waals surface area (Å²) in [4.78, 5) is 12.1. The summed E-state index contributed by atoms with van der Waals surface area (Å²) in [6.07, 6.45) is 0.